The van der Waals surface area contributed by atoms with E-state index in [1.165, 1.54) is 15.9 Å². The van der Waals surface area contributed by atoms with E-state index in [4.69, 9.17) is 0 Å². The lowest BCUT2D eigenvalue weighted by molar-refractivity contribution is 0.467. The summed E-state index contributed by atoms with van der Waals surface area (Å²) in [5.74, 6) is 1.31. The molecular formula is C15H23N5. The van der Waals surface area contributed by atoms with E-state index in [-0.39, 0.29) is 0 Å². The Kier molecular flexibility index (Phi) is 5.24. The van der Waals surface area contributed by atoms with E-state index in [1.54, 1.807) is 7.05 Å². The number of nitrogens with one attached hydrogen (secondary N) is 1. The van der Waals surface area contributed by atoms with Crippen LogP contribution >= 0.6 is 0 Å². The smallest absolute Gasteiger partial charge is 0.175 e. The molecule has 2 rings (SSSR count). The Hall–Kier alpha value is -1.75. The number of hydrogen-bond acceptors (Lipinski definition) is 4. The van der Waals surface area contributed by atoms with Gasteiger partial charge in [-0.05, 0) is 43.1 Å². The summed E-state index contributed by atoms with van der Waals surface area (Å²) >= 11 is 0. The molecule has 0 aliphatic rings. The van der Waals surface area contributed by atoms with Crippen LogP contribution in [0.3, 0.4) is 0 Å². The van der Waals surface area contributed by atoms with Crippen molar-refractivity contribution in [2.45, 2.75) is 26.7 Å². The minimum absolute atomic E-state index is 0.487. The molecule has 1 aromatic heterocycles. The Morgan fingerprint density at radius 1 is 1.30 bits per heavy atom. The number of nitrogens with zero attached hydrogens (tertiary/aromatic N) is 4. The van der Waals surface area contributed by atoms with Crippen LogP contribution in [0, 0.1) is 12.8 Å². The molecule has 0 spiro atoms. The molecule has 5 heteroatoms. The third-order valence-electron chi connectivity index (χ3n) is 3.31. The molecule has 1 aromatic carbocycles. The standard InChI is InChI=1S/C15H23N5/c1-4-16-11-14(10-15-17-19-20(3)18-15)9-13-7-5-6-12(2)8-13/h5-8,14,16H,4,9-11H2,1-3H3. The predicted molar refractivity (Wildman–Crippen MR) is 79.4 cm³/mol. The highest BCUT2D eigenvalue weighted by Crippen LogP contribution is 2.13. The van der Waals surface area contributed by atoms with Crippen molar-refractivity contribution < 1.29 is 0 Å². The van der Waals surface area contributed by atoms with E-state index in [0.29, 0.717) is 5.92 Å². The Bertz CT molecular complexity index is 535. The average molecular weight is 273 g/mol. The van der Waals surface area contributed by atoms with Gasteiger partial charge in [0.1, 0.15) is 0 Å². The van der Waals surface area contributed by atoms with Crippen molar-refractivity contribution in [3.63, 3.8) is 0 Å². The second-order valence-corrected chi connectivity index (χ2v) is 5.27. The van der Waals surface area contributed by atoms with Gasteiger partial charge in [-0.1, -0.05) is 36.8 Å². The fourth-order valence-electron chi connectivity index (χ4n) is 2.40. The summed E-state index contributed by atoms with van der Waals surface area (Å²) in [6, 6.07) is 8.70. The first-order valence-corrected chi connectivity index (χ1v) is 7.16. The van der Waals surface area contributed by atoms with Gasteiger partial charge in [0.2, 0.25) is 0 Å². The largest absolute Gasteiger partial charge is 0.317 e. The van der Waals surface area contributed by atoms with E-state index in [9.17, 15) is 0 Å². The van der Waals surface area contributed by atoms with Crippen LogP contribution in [0.1, 0.15) is 23.9 Å². The van der Waals surface area contributed by atoms with Crippen LogP contribution in [0.2, 0.25) is 0 Å². The summed E-state index contributed by atoms with van der Waals surface area (Å²) in [5, 5.41) is 15.7. The van der Waals surface area contributed by atoms with Crippen molar-refractivity contribution in [1.29, 1.82) is 0 Å². The quantitative estimate of drug-likeness (QED) is 0.831. The van der Waals surface area contributed by atoms with Crippen molar-refractivity contribution in [1.82, 2.24) is 25.5 Å². The molecule has 1 heterocycles. The maximum Gasteiger partial charge on any atom is 0.175 e. The summed E-state index contributed by atoms with van der Waals surface area (Å²) in [4.78, 5) is 1.52. The zero-order valence-electron chi connectivity index (χ0n) is 12.5. The highest BCUT2D eigenvalue weighted by atomic mass is 15.6. The van der Waals surface area contributed by atoms with Crippen LogP contribution < -0.4 is 5.32 Å². The highest BCUT2D eigenvalue weighted by molar-refractivity contribution is 5.22. The Balaban J connectivity index is 2.02. The van der Waals surface area contributed by atoms with Gasteiger partial charge in [0, 0.05) is 6.42 Å². The minimum Gasteiger partial charge on any atom is -0.317 e. The van der Waals surface area contributed by atoms with E-state index in [2.05, 4.69) is 58.8 Å². The number of benzene rings is 1. The fourth-order valence-corrected chi connectivity index (χ4v) is 2.40. The lowest BCUT2D eigenvalue weighted by Gasteiger charge is -2.16. The molecule has 0 aliphatic carbocycles. The molecule has 0 aliphatic heterocycles. The van der Waals surface area contributed by atoms with Crippen molar-refractivity contribution in [3.8, 4) is 0 Å². The topological polar surface area (TPSA) is 55.6 Å². The molecule has 5 nitrogen and oxygen atoms in total. The summed E-state index contributed by atoms with van der Waals surface area (Å²) in [5.41, 5.74) is 2.68. The molecule has 1 unspecified atom stereocenters. The summed E-state index contributed by atoms with van der Waals surface area (Å²) < 4.78 is 0. The number of aryl methyl sites for hydroxylation is 2. The normalized spacial score (nSPS) is 12.6. The minimum atomic E-state index is 0.487. The van der Waals surface area contributed by atoms with Gasteiger partial charge in [-0.3, -0.25) is 0 Å². The summed E-state index contributed by atoms with van der Waals surface area (Å²) in [7, 11) is 1.80. The molecule has 108 valence electrons. The van der Waals surface area contributed by atoms with Gasteiger partial charge in [-0.15, -0.1) is 10.2 Å². The molecule has 0 bridgehead atoms. The van der Waals surface area contributed by atoms with Gasteiger partial charge >= 0.3 is 0 Å². The second-order valence-electron chi connectivity index (χ2n) is 5.27. The van der Waals surface area contributed by atoms with Crippen LogP contribution in [0.15, 0.2) is 24.3 Å². The first-order chi connectivity index (χ1) is 9.67. The molecule has 0 radical (unpaired) electrons. The molecule has 20 heavy (non-hydrogen) atoms. The van der Waals surface area contributed by atoms with Gasteiger partial charge in [-0.25, -0.2) is 0 Å². The maximum atomic E-state index is 4.28. The first kappa shape index (κ1) is 14.7. The highest BCUT2D eigenvalue weighted by Gasteiger charge is 2.13. The van der Waals surface area contributed by atoms with Crippen LogP contribution in [-0.4, -0.2) is 33.3 Å². The van der Waals surface area contributed by atoms with E-state index in [0.717, 1.165) is 31.8 Å². The first-order valence-electron chi connectivity index (χ1n) is 7.16. The number of tetrazole rings is 1. The molecule has 0 saturated carbocycles. The molecule has 1 atom stereocenters. The van der Waals surface area contributed by atoms with Crippen molar-refractivity contribution in [3.05, 3.63) is 41.2 Å². The third kappa shape index (κ3) is 4.42. The van der Waals surface area contributed by atoms with Gasteiger partial charge in [0.25, 0.3) is 0 Å². The zero-order valence-corrected chi connectivity index (χ0v) is 12.5. The van der Waals surface area contributed by atoms with E-state index < -0.39 is 0 Å². The van der Waals surface area contributed by atoms with Crippen molar-refractivity contribution >= 4 is 0 Å². The van der Waals surface area contributed by atoms with Gasteiger partial charge in [-0.2, -0.15) is 4.80 Å². The van der Waals surface area contributed by atoms with Crippen molar-refractivity contribution in [2.24, 2.45) is 13.0 Å². The molecule has 0 saturated heterocycles. The molecule has 0 fully saturated rings. The van der Waals surface area contributed by atoms with Crippen LogP contribution in [-0.2, 0) is 19.9 Å². The number of aromatic nitrogens is 4. The van der Waals surface area contributed by atoms with Gasteiger partial charge in [0.15, 0.2) is 5.82 Å². The summed E-state index contributed by atoms with van der Waals surface area (Å²) in [6.07, 6.45) is 1.89. The molecule has 1 N–H and O–H groups in total. The monoisotopic (exact) mass is 273 g/mol. The molecular weight excluding hydrogens is 250 g/mol. The average Bonchev–Trinajstić information content (AvgIpc) is 2.81. The molecule has 2 aromatic rings. The van der Waals surface area contributed by atoms with Crippen molar-refractivity contribution in [2.75, 3.05) is 13.1 Å². The SMILES string of the molecule is CCNCC(Cc1cccc(C)c1)Cc1nnn(C)n1. The van der Waals surface area contributed by atoms with Gasteiger partial charge in [0.05, 0.1) is 7.05 Å². The number of hydrogen-bond donors (Lipinski definition) is 1. The lowest BCUT2D eigenvalue weighted by Crippen LogP contribution is -2.26. The van der Waals surface area contributed by atoms with E-state index in [1.807, 2.05) is 0 Å². The van der Waals surface area contributed by atoms with E-state index >= 15 is 0 Å². The third-order valence-corrected chi connectivity index (χ3v) is 3.31. The fraction of sp³-hybridized carbons (Fsp3) is 0.533. The predicted octanol–water partition coefficient (Wildman–Crippen LogP) is 1.53. The Morgan fingerprint density at radius 2 is 2.15 bits per heavy atom. The number of rotatable bonds is 7. The maximum absolute atomic E-state index is 4.28. The van der Waals surface area contributed by atoms with Crippen LogP contribution in [0.4, 0.5) is 0 Å². The van der Waals surface area contributed by atoms with Crippen LogP contribution in [0.5, 0.6) is 0 Å². The van der Waals surface area contributed by atoms with Gasteiger partial charge < -0.3 is 5.32 Å². The zero-order chi connectivity index (χ0) is 14.4. The molecule has 0 amide bonds. The Morgan fingerprint density at radius 3 is 2.80 bits per heavy atom. The second kappa shape index (κ2) is 7.14. The summed E-state index contributed by atoms with van der Waals surface area (Å²) in [6.45, 7) is 6.22. The Labute approximate surface area is 120 Å². The van der Waals surface area contributed by atoms with Crippen LogP contribution in [0.25, 0.3) is 0 Å². The lowest BCUT2D eigenvalue weighted by atomic mass is 9.95.